The van der Waals surface area contributed by atoms with Crippen LogP contribution in [0.4, 0.5) is 0 Å². The molecule has 0 aliphatic heterocycles. The van der Waals surface area contributed by atoms with Crippen LogP contribution in [-0.4, -0.2) is 28.7 Å². The summed E-state index contributed by atoms with van der Waals surface area (Å²) >= 11 is 0. The van der Waals surface area contributed by atoms with Crippen molar-refractivity contribution in [3.8, 4) is 0 Å². The molecule has 3 heteroatoms. The molecule has 12 heavy (non-hydrogen) atoms. The molecule has 0 radical (unpaired) electrons. The SMILES string of the molecule is CC(C)(C)C1([O-])CCCC1.[I-].[Mg+2]. The van der Waals surface area contributed by atoms with E-state index in [0.29, 0.717) is 0 Å². The molecule has 0 amide bonds. The molecule has 0 aromatic carbocycles. The summed E-state index contributed by atoms with van der Waals surface area (Å²) in [6.07, 6.45) is 4.05. The molecule has 0 aromatic rings. The van der Waals surface area contributed by atoms with Crippen molar-refractivity contribution in [3.63, 3.8) is 0 Å². The first kappa shape index (κ1) is 15.9. The number of hydrogen-bond acceptors (Lipinski definition) is 1. The van der Waals surface area contributed by atoms with Crippen LogP contribution in [0.15, 0.2) is 0 Å². The summed E-state index contributed by atoms with van der Waals surface area (Å²) in [5, 5.41) is 11.9. The average Bonchev–Trinajstić information content (AvgIpc) is 2.13. The van der Waals surface area contributed by atoms with E-state index in [1.807, 2.05) is 0 Å². The molecule has 0 spiro atoms. The van der Waals surface area contributed by atoms with E-state index in [1.165, 1.54) is 0 Å². The van der Waals surface area contributed by atoms with Gasteiger partial charge < -0.3 is 29.1 Å². The Morgan fingerprint density at radius 1 is 1.08 bits per heavy atom. The predicted molar refractivity (Wildman–Crippen MR) is 46.4 cm³/mol. The molecule has 1 aliphatic rings. The van der Waals surface area contributed by atoms with Crippen molar-refractivity contribution in [2.24, 2.45) is 5.41 Å². The third-order valence-corrected chi connectivity index (χ3v) is 2.78. The van der Waals surface area contributed by atoms with E-state index in [9.17, 15) is 5.11 Å². The van der Waals surface area contributed by atoms with Crippen molar-refractivity contribution in [2.45, 2.75) is 52.1 Å². The van der Waals surface area contributed by atoms with Crippen molar-refractivity contribution in [2.75, 3.05) is 0 Å². The Bertz CT molecular complexity index is 125. The zero-order valence-corrected chi connectivity index (χ0v) is 11.9. The van der Waals surface area contributed by atoms with Crippen molar-refractivity contribution in [1.82, 2.24) is 0 Å². The quantitative estimate of drug-likeness (QED) is 0.387. The van der Waals surface area contributed by atoms with E-state index in [0.717, 1.165) is 25.7 Å². The van der Waals surface area contributed by atoms with E-state index in [1.54, 1.807) is 0 Å². The summed E-state index contributed by atoms with van der Waals surface area (Å²) in [7, 11) is 0. The van der Waals surface area contributed by atoms with Crippen LogP contribution in [0.1, 0.15) is 46.5 Å². The molecule has 0 bridgehead atoms. The molecular formula is C9H17IMgO. The van der Waals surface area contributed by atoms with Gasteiger partial charge in [0.1, 0.15) is 0 Å². The largest absolute Gasteiger partial charge is 2.00 e. The number of hydrogen-bond donors (Lipinski definition) is 0. The molecule has 1 aliphatic carbocycles. The van der Waals surface area contributed by atoms with Gasteiger partial charge in [-0.15, -0.1) is 5.60 Å². The molecule has 68 valence electrons. The minimum atomic E-state index is -0.618. The van der Waals surface area contributed by atoms with Gasteiger partial charge in [0.15, 0.2) is 0 Å². The van der Waals surface area contributed by atoms with Gasteiger partial charge in [-0.25, -0.2) is 0 Å². The van der Waals surface area contributed by atoms with Gasteiger partial charge >= 0.3 is 23.1 Å². The minimum Gasteiger partial charge on any atom is -1.00 e. The summed E-state index contributed by atoms with van der Waals surface area (Å²) < 4.78 is 0. The molecular weight excluding hydrogens is 275 g/mol. The van der Waals surface area contributed by atoms with Crippen LogP contribution in [0.3, 0.4) is 0 Å². The van der Waals surface area contributed by atoms with Crippen molar-refractivity contribution in [1.29, 1.82) is 0 Å². The molecule has 1 saturated carbocycles. The van der Waals surface area contributed by atoms with Gasteiger partial charge in [0.05, 0.1) is 0 Å². The monoisotopic (exact) mass is 292 g/mol. The molecule has 1 nitrogen and oxygen atoms in total. The molecule has 0 unspecified atom stereocenters. The van der Waals surface area contributed by atoms with E-state index in [-0.39, 0.29) is 52.4 Å². The smallest absolute Gasteiger partial charge is 1.00 e. The Kier molecular flexibility index (Phi) is 7.11. The maximum absolute atomic E-state index is 11.9. The molecule has 0 saturated heterocycles. The fraction of sp³-hybridized carbons (Fsp3) is 1.00. The average molecular weight is 292 g/mol. The van der Waals surface area contributed by atoms with Crippen molar-refractivity contribution < 1.29 is 29.1 Å². The second kappa shape index (κ2) is 5.36. The maximum atomic E-state index is 11.9. The molecule has 1 fully saturated rings. The predicted octanol–water partition coefficient (Wildman–Crippen LogP) is -1.67. The summed E-state index contributed by atoms with van der Waals surface area (Å²) in [6, 6.07) is 0. The second-order valence-electron chi connectivity index (χ2n) is 4.45. The third kappa shape index (κ3) is 3.31. The van der Waals surface area contributed by atoms with Gasteiger partial charge in [0, 0.05) is 0 Å². The van der Waals surface area contributed by atoms with Gasteiger partial charge in [-0.3, -0.25) is 0 Å². The van der Waals surface area contributed by atoms with E-state index in [4.69, 9.17) is 0 Å². The molecule has 0 aromatic heterocycles. The van der Waals surface area contributed by atoms with Gasteiger partial charge in [-0.2, -0.15) is 0 Å². The standard InChI is InChI=1S/C9H17O.HI.Mg/c1-8(2,3)9(10)6-4-5-7-9;;/h4-7H2,1-3H3;1H;/q-1;;+2/p-1. The first-order valence-electron chi connectivity index (χ1n) is 4.16. The zero-order valence-electron chi connectivity index (χ0n) is 8.32. The Balaban J connectivity index is 0. The molecule has 0 N–H and O–H groups in total. The topological polar surface area (TPSA) is 23.1 Å². The maximum Gasteiger partial charge on any atom is 2.00 e. The fourth-order valence-corrected chi connectivity index (χ4v) is 1.70. The van der Waals surface area contributed by atoms with Crippen LogP contribution in [0.5, 0.6) is 0 Å². The van der Waals surface area contributed by atoms with Gasteiger partial charge in [0.25, 0.3) is 0 Å². The Morgan fingerprint density at radius 3 is 1.58 bits per heavy atom. The summed E-state index contributed by atoms with van der Waals surface area (Å²) in [6.45, 7) is 6.18. The van der Waals surface area contributed by atoms with E-state index >= 15 is 0 Å². The van der Waals surface area contributed by atoms with Crippen LogP contribution in [0, 0.1) is 5.41 Å². The van der Waals surface area contributed by atoms with Crippen LogP contribution < -0.4 is 29.1 Å². The number of halogens is 1. The first-order valence-corrected chi connectivity index (χ1v) is 4.16. The Labute approximate surface area is 109 Å². The summed E-state index contributed by atoms with van der Waals surface area (Å²) in [5.74, 6) is 0. The van der Waals surface area contributed by atoms with Crippen LogP contribution >= 0.6 is 0 Å². The molecule has 0 heterocycles. The summed E-state index contributed by atoms with van der Waals surface area (Å²) in [5.41, 5.74) is -0.656. The Morgan fingerprint density at radius 2 is 1.42 bits per heavy atom. The van der Waals surface area contributed by atoms with Crippen LogP contribution in [0.2, 0.25) is 0 Å². The van der Waals surface area contributed by atoms with Gasteiger partial charge in [0.2, 0.25) is 0 Å². The Hall–Kier alpha value is 1.46. The fourth-order valence-electron chi connectivity index (χ4n) is 1.70. The van der Waals surface area contributed by atoms with Gasteiger partial charge in [-0.1, -0.05) is 46.5 Å². The van der Waals surface area contributed by atoms with E-state index < -0.39 is 5.60 Å². The van der Waals surface area contributed by atoms with Crippen molar-refractivity contribution >= 4 is 23.1 Å². The van der Waals surface area contributed by atoms with Crippen LogP contribution in [0.25, 0.3) is 0 Å². The zero-order chi connectivity index (χ0) is 7.83. The van der Waals surface area contributed by atoms with Gasteiger partial charge in [-0.05, 0) is 5.41 Å². The second-order valence-corrected chi connectivity index (χ2v) is 4.45. The van der Waals surface area contributed by atoms with Crippen LogP contribution in [-0.2, 0) is 0 Å². The van der Waals surface area contributed by atoms with E-state index in [2.05, 4.69) is 20.8 Å². The summed E-state index contributed by atoms with van der Waals surface area (Å²) in [4.78, 5) is 0. The third-order valence-electron chi connectivity index (χ3n) is 2.78. The normalized spacial score (nSPS) is 21.0. The molecule has 1 rings (SSSR count). The first-order chi connectivity index (χ1) is 4.46. The van der Waals surface area contributed by atoms with Crippen molar-refractivity contribution in [3.05, 3.63) is 0 Å². The minimum absolute atomic E-state index is 0. The number of rotatable bonds is 0. The molecule has 0 atom stereocenters.